The number of amides is 1. The van der Waals surface area contributed by atoms with Crippen molar-refractivity contribution in [2.45, 2.75) is 6.54 Å². The second-order valence-corrected chi connectivity index (χ2v) is 5.26. The van der Waals surface area contributed by atoms with Crippen LogP contribution in [0.3, 0.4) is 0 Å². The topological polar surface area (TPSA) is 58.4 Å². The summed E-state index contributed by atoms with van der Waals surface area (Å²) in [6, 6.07) is 15.0. The van der Waals surface area contributed by atoms with Gasteiger partial charge in [0, 0.05) is 18.6 Å². The molecule has 2 rings (SSSR count). The van der Waals surface area contributed by atoms with Crippen molar-refractivity contribution in [3.63, 3.8) is 0 Å². The second kappa shape index (κ2) is 6.99. The zero-order valence-corrected chi connectivity index (χ0v) is 12.6. The number of likely N-dealkylation sites (N-methyl/N-ethyl adjacent to an activating group) is 1. The van der Waals surface area contributed by atoms with E-state index < -0.39 is 0 Å². The van der Waals surface area contributed by atoms with Gasteiger partial charge in [0.25, 0.3) is 0 Å². The number of carbonyl (C=O) groups excluding carboxylic acids is 1. The zero-order valence-electron chi connectivity index (χ0n) is 11.8. The molecule has 5 heteroatoms. The molecule has 0 saturated heterocycles. The molecule has 110 valence electrons. The first-order valence-electron chi connectivity index (χ1n) is 6.63. The van der Waals surface area contributed by atoms with Crippen molar-refractivity contribution in [1.82, 2.24) is 5.32 Å². The van der Waals surface area contributed by atoms with Gasteiger partial charge in [-0.1, -0.05) is 41.9 Å². The lowest BCUT2D eigenvalue weighted by Crippen LogP contribution is -2.35. The van der Waals surface area contributed by atoms with E-state index in [2.05, 4.69) is 5.32 Å². The molecule has 0 bridgehead atoms. The molecule has 3 N–H and O–H groups in total. The van der Waals surface area contributed by atoms with Crippen LogP contribution in [0.5, 0.6) is 0 Å². The number of benzene rings is 2. The Balaban J connectivity index is 1.91. The number of hydrogen-bond donors (Lipinski definition) is 2. The van der Waals surface area contributed by atoms with Crippen molar-refractivity contribution >= 4 is 28.9 Å². The SMILES string of the molecule is CN(CC(=O)NCc1ccccc1)c1cc(Cl)ccc1N. The van der Waals surface area contributed by atoms with Crippen molar-refractivity contribution < 1.29 is 4.79 Å². The average molecular weight is 304 g/mol. The van der Waals surface area contributed by atoms with Gasteiger partial charge in [0.15, 0.2) is 0 Å². The van der Waals surface area contributed by atoms with Gasteiger partial charge in [-0.3, -0.25) is 4.79 Å². The van der Waals surface area contributed by atoms with E-state index in [1.54, 1.807) is 23.1 Å². The molecule has 0 atom stereocenters. The summed E-state index contributed by atoms with van der Waals surface area (Å²) in [4.78, 5) is 13.7. The molecule has 0 spiro atoms. The van der Waals surface area contributed by atoms with Crippen LogP contribution >= 0.6 is 11.6 Å². The predicted molar refractivity (Wildman–Crippen MR) is 87.4 cm³/mol. The molecule has 0 fully saturated rings. The summed E-state index contributed by atoms with van der Waals surface area (Å²) in [6.45, 7) is 0.732. The van der Waals surface area contributed by atoms with E-state index in [1.807, 2.05) is 37.4 Å². The molecule has 0 aromatic heterocycles. The first-order chi connectivity index (χ1) is 10.1. The van der Waals surface area contributed by atoms with Gasteiger partial charge in [0.2, 0.25) is 5.91 Å². The number of nitrogens with zero attached hydrogens (tertiary/aromatic N) is 1. The Hall–Kier alpha value is -2.20. The van der Waals surface area contributed by atoms with Crippen LogP contribution in [0.1, 0.15) is 5.56 Å². The summed E-state index contributed by atoms with van der Waals surface area (Å²) in [5.41, 5.74) is 8.31. The third-order valence-electron chi connectivity index (χ3n) is 3.12. The molecule has 0 radical (unpaired) electrons. The lowest BCUT2D eigenvalue weighted by molar-refractivity contribution is -0.119. The molecule has 0 unspecified atom stereocenters. The standard InChI is InChI=1S/C16H18ClN3O/c1-20(15-9-13(17)7-8-14(15)18)11-16(21)19-10-12-5-3-2-4-6-12/h2-9H,10-11,18H2,1H3,(H,19,21). The van der Waals surface area contributed by atoms with Gasteiger partial charge in [-0.05, 0) is 23.8 Å². The van der Waals surface area contributed by atoms with Crippen LogP contribution < -0.4 is 16.0 Å². The van der Waals surface area contributed by atoms with Crippen LogP contribution in [0.4, 0.5) is 11.4 Å². The number of anilines is 2. The Kier molecular flexibility index (Phi) is 5.06. The number of rotatable bonds is 5. The molecular weight excluding hydrogens is 286 g/mol. The Morgan fingerprint density at radius 2 is 1.95 bits per heavy atom. The van der Waals surface area contributed by atoms with Crippen LogP contribution in [-0.4, -0.2) is 19.5 Å². The van der Waals surface area contributed by atoms with Gasteiger partial charge in [-0.15, -0.1) is 0 Å². The van der Waals surface area contributed by atoms with Gasteiger partial charge in [0.1, 0.15) is 0 Å². The second-order valence-electron chi connectivity index (χ2n) is 4.82. The molecule has 4 nitrogen and oxygen atoms in total. The van der Waals surface area contributed by atoms with Gasteiger partial charge < -0.3 is 16.0 Å². The first-order valence-corrected chi connectivity index (χ1v) is 7.01. The van der Waals surface area contributed by atoms with Crippen LogP contribution in [0.2, 0.25) is 5.02 Å². The molecule has 0 heterocycles. The summed E-state index contributed by atoms with van der Waals surface area (Å²) in [6.07, 6.45) is 0. The highest BCUT2D eigenvalue weighted by molar-refractivity contribution is 6.31. The van der Waals surface area contributed by atoms with Crippen LogP contribution in [0, 0.1) is 0 Å². The molecule has 0 aliphatic rings. The van der Waals surface area contributed by atoms with E-state index in [4.69, 9.17) is 17.3 Å². The number of nitrogens with two attached hydrogens (primary N) is 1. The summed E-state index contributed by atoms with van der Waals surface area (Å²) in [5.74, 6) is -0.0688. The number of nitrogen functional groups attached to an aromatic ring is 1. The van der Waals surface area contributed by atoms with Crippen molar-refractivity contribution in [3.8, 4) is 0 Å². The Morgan fingerprint density at radius 3 is 2.67 bits per heavy atom. The van der Waals surface area contributed by atoms with Crippen LogP contribution in [0.25, 0.3) is 0 Å². The van der Waals surface area contributed by atoms with Crippen molar-refractivity contribution in [3.05, 3.63) is 59.1 Å². The minimum Gasteiger partial charge on any atom is -0.397 e. The minimum atomic E-state index is -0.0688. The molecule has 21 heavy (non-hydrogen) atoms. The van der Waals surface area contributed by atoms with E-state index in [0.29, 0.717) is 17.3 Å². The fourth-order valence-electron chi connectivity index (χ4n) is 2.00. The largest absolute Gasteiger partial charge is 0.397 e. The van der Waals surface area contributed by atoms with Crippen LogP contribution in [-0.2, 0) is 11.3 Å². The Labute approximate surface area is 129 Å². The maximum Gasteiger partial charge on any atom is 0.239 e. The van der Waals surface area contributed by atoms with Crippen molar-refractivity contribution in [1.29, 1.82) is 0 Å². The van der Waals surface area contributed by atoms with Crippen molar-refractivity contribution in [2.24, 2.45) is 0 Å². The van der Waals surface area contributed by atoms with Crippen LogP contribution in [0.15, 0.2) is 48.5 Å². The van der Waals surface area contributed by atoms with E-state index in [0.717, 1.165) is 11.3 Å². The molecule has 0 aliphatic heterocycles. The molecule has 0 saturated carbocycles. The smallest absolute Gasteiger partial charge is 0.239 e. The molecule has 0 aliphatic carbocycles. The predicted octanol–water partition coefficient (Wildman–Crippen LogP) is 2.67. The van der Waals surface area contributed by atoms with E-state index >= 15 is 0 Å². The van der Waals surface area contributed by atoms with Gasteiger partial charge in [-0.25, -0.2) is 0 Å². The minimum absolute atomic E-state index is 0.0688. The van der Waals surface area contributed by atoms with E-state index in [-0.39, 0.29) is 12.5 Å². The Morgan fingerprint density at radius 1 is 1.24 bits per heavy atom. The number of hydrogen-bond acceptors (Lipinski definition) is 3. The highest BCUT2D eigenvalue weighted by atomic mass is 35.5. The Bertz CT molecular complexity index is 616. The average Bonchev–Trinajstić information content (AvgIpc) is 2.48. The maximum atomic E-state index is 12.0. The van der Waals surface area contributed by atoms with Gasteiger partial charge >= 0.3 is 0 Å². The third kappa shape index (κ3) is 4.39. The summed E-state index contributed by atoms with van der Waals surface area (Å²) in [5, 5.41) is 3.47. The fraction of sp³-hybridized carbons (Fsp3) is 0.188. The van der Waals surface area contributed by atoms with Crippen molar-refractivity contribution in [2.75, 3.05) is 24.2 Å². The monoisotopic (exact) mass is 303 g/mol. The zero-order chi connectivity index (χ0) is 15.2. The van der Waals surface area contributed by atoms with E-state index in [9.17, 15) is 4.79 Å². The first kappa shape index (κ1) is 15.2. The molecule has 2 aromatic carbocycles. The molecule has 2 aromatic rings. The maximum absolute atomic E-state index is 12.0. The summed E-state index contributed by atoms with van der Waals surface area (Å²) < 4.78 is 0. The number of halogens is 1. The fourth-order valence-corrected chi connectivity index (χ4v) is 2.17. The number of nitrogens with one attached hydrogen (secondary N) is 1. The van der Waals surface area contributed by atoms with Gasteiger partial charge in [-0.2, -0.15) is 0 Å². The normalized spacial score (nSPS) is 10.2. The molecular formula is C16H18ClN3O. The highest BCUT2D eigenvalue weighted by Crippen LogP contribution is 2.25. The number of carbonyl (C=O) groups is 1. The molecule has 1 amide bonds. The third-order valence-corrected chi connectivity index (χ3v) is 3.35. The van der Waals surface area contributed by atoms with Gasteiger partial charge in [0.05, 0.1) is 17.9 Å². The summed E-state index contributed by atoms with van der Waals surface area (Å²) >= 11 is 5.96. The lowest BCUT2D eigenvalue weighted by atomic mass is 10.2. The highest BCUT2D eigenvalue weighted by Gasteiger charge is 2.10. The van der Waals surface area contributed by atoms with E-state index in [1.165, 1.54) is 0 Å². The quantitative estimate of drug-likeness (QED) is 0.835. The summed E-state index contributed by atoms with van der Waals surface area (Å²) in [7, 11) is 1.81. The lowest BCUT2D eigenvalue weighted by Gasteiger charge is -2.20.